The smallest absolute Gasteiger partial charge is 0.232 e. The van der Waals surface area contributed by atoms with Gasteiger partial charge in [-0.2, -0.15) is 0 Å². The van der Waals surface area contributed by atoms with Crippen molar-refractivity contribution >= 4 is 23.6 Å². The Morgan fingerprint density at radius 2 is 1.93 bits per heavy atom. The van der Waals surface area contributed by atoms with Crippen LogP contribution >= 0.6 is 11.8 Å². The van der Waals surface area contributed by atoms with E-state index in [1.807, 2.05) is 4.90 Å². The Morgan fingerprint density at radius 3 is 2.67 bits per heavy atom. The molecule has 0 spiro atoms. The van der Waals surface area contributed by atoms with Gasteiger partial charge in [-0.3, -0.25) is 9.59 Å². The van der Waals surface area contributed by atoms with Gasteiger partial charge in [-0.05, 0) is 36.8 Å². The van der Waals surface area contributed by atoms with E-state index in [4.69, 9.17) is 4.74 Å². The Bertz CT molecular complexity index is 646. The average molecular weight is 391 g/mol. The number of ether oxygens (including phenoxy) is 1. The second-order valence-electron chi connectivity index (χ2n) is 7.24. The zero-order valence-corrected chi connectivity index (χ0v) is 17.0. The molecule has 1 saturated heterocycles. The lowest BCUT2D eigenvalue weighted by molar-refractivity contribution is -0.132. The van der Waals surface area contributed by atoms with Crippen molar-refractivity contribution < 1.29 is 14.3 Å². The zero-order valence-electron chi connectivity index (χ0n) is 16.2. The van der Waals surface area contributed by atoms with Crippen molar-refractivity contribution in [2.24, 2.45) is 0 Å². The Hall–Kier alpha value is -1.53. The lowest BCUT2D eigenvalue weighted by Crippen LogP contribution is -2.45. The Labute approximate surface area is 166 Å². The maximum absolute atomic E-state index is 12.9. The monoisotopic (exact) mass is 390 g/mol. The summed E-state index contributed by atoms with van der Waals surface area (Å²) >= 11 is 1.44. The van der Waals surface area contributed by atoms with Gasteiger partial charge in [-0.25, -0.2) is 0 Å². The molecule has 1 unspecified atom stereocenters. The molecule has 2 amide bonds. The second-order valence-corrected chi connectivity index (χ2v) is 8.22. The van der Waals surface area contributed by atoms with Crippen LogP contribution in [0, 0.1) is 0 Å². The van der Waals surface area contributed by atoms with Gasteiger partial charge < -0.3 is 14.5 Å². The first kappa shape index (κ1) is 20.2. The van der Waals surface area contributed by atoms with E-state index in [1.165, 1.54) is 22.9 Å². The summed E-state index contributed by atoms with van der Waals surface area (Å²) in [5, 5.41) is 0. The summed E-state index contributed by atoms with van der Waals surface area (Å²) in [6, 6.07) is 8.84. The summed E-state index contributed by atoms with van der Waals surface area (Å²) in [7, 11) is 0. The van der Waals surface area contributed by atoms with E-state index in [9.17, 15) is 9.59 Å². The number of aryl methyl sites for hydroxylation is 1. The molecule has 1 heterocycles. The molecular formula is C21H30N2O3S. The van der Waals surface area contributed by atoms with Crippen molar-refractivity contribution in [2.75, 3.05) is 44.4 Å². The molecule has 0 N–H and O–H groups in total. The molecule has 27 heavy (non-hydrogen) atoms. The van der Waals surface area contributed by atoms with E-state index in [0.29, 0.717) is 37.8 Å². The molecule has 0 saturated carbocycles. The molecule has 1 aliphatic carbocycles. The number of thioether (sulfide) groups is 1. The number of amides is 2. The summed E-state index contributed by atoms with van der Waals surface area (Å²) in [6.07, 6.45) is 3.97. The molecule has 1 atom stereocenters. The average Bonchev–Trinajstić information content (AvgIpc) is 2.72. The minimum atomic E-state index is 0.115. The summed E-state index contributed by atoms with van der Waals surface area (Å²) in [5.74, 6) is 1.04. The minimum absolute atomic E-state index is 0.115. The molecule has 5 nitrogen and oxygen atoms in total. The van der Waals surface area contributed by atoms with E-state index < -0.39 is 0 Å². The third kappa shape index (κ3) is 5.48. The summed E-state index contributed by atoms with van der Waals surface area (Å²) in [4.78, 5) is 29.0. The van der Waals surface area contributed by atoms with Crippen LogP contribution in [0.25, 0.3) is 0 Å². The highest BCUT2D eigenvalue weighted by Crippen LogP contribution is 2.25. The first-order valence-corrected chi connectivity index (χ1v) is 11.1. The van der Waals surface area contributed by atoms with Crippen molar-refractivity contribution in [3.63, 3.8) is 0 Å². The zero-order chi connectivity index (χ0) is 19.1. The van der Waals surface area contributed by atoms with Crippen molar-refractivity contribution in [3.05, 3.63) is 35.4 Å². The maximum Gasteiger partial charge on any atom is 0.232 e. The Kier molecular flexibility index (Phi) is 7.59. The first-order chi connectivity index (χ1) is 13.2. The fourth-order valence-electron chi connectivity index (χ4n) is 3.91. The molecule has 1 fully saturated rings. The van der Waals surface area contributed by atoms with Gasteiger partial charge in [0.2, 0.25) is 11.8 Å². The van der Waals surface area contributed by atoms with Crippen molar-refractivity contribution in [1.82, 2.24) is 9.80 Å². The van der Waals surface area contributed by atoms with Gasteiger partial charge in [0.05, 0.1) is 24.7 Å². The normalized spacial score (nSPS) is 19.4. The van der Waals surface area contributed by atoms with Crippen LogP contribution in [0.4, 0.5) is 0 Å². The number of rotatable bonds is 7. The molecule has 2 aliphatic rings. The van der Waals surface area contributed by atoms with Gasteiger partial charge in [-0.15, -0.1) is 11.8 Å². The van der Waals surface area contributed by atoms with E-state index >= 15 is 0 Å². The topological polar surface area (TPSA) is 49.9 Å². The van der Waals surface area contributed by atoms with Gasteiger partial charge in [0.15, 0.2) is 0 Å². The number of benzene rings is 1. The number of hydrogen-bond acceptors (Lipinski definition) is 4. The fraction of sp³-hybridized carbons (Fsp3) is 0.619. The predicted octanol–water partition coefficient (Wildman–Crippen LogP) is 2.37. The molecular weight excluding hydrogens is 360 g/mol. The van der Waals surface area contributed by atoms with E-state index in [2.05, 4.69) is 36.1 Å². The minimum Gasteiger partial charge on any atom is -0.378 e. The van der Waals surface area contributed by atoms with Crippen LogP contribution in [0.1, 0.15) is 30.9 Å². The maximum atomic E-state index is 12.9. The van der Waals surface area contributed by atoms with Gasteiger partial charge in [0.1, 0.15) is 0 Å². The van der Waals surface area contributed by atoms with Gasteiger partial charge in [0.25, 0.3) is 0 Å². The molecule has 0 aromatic heterocycles. The van der Waals surface area contributed by atoms with Crippen LogP contribution in [0.15, 0.2) is 24.3 Å². The second kappa shape index (κ2) is 10.1. The first-order valence-electron chi connectivity index (χ1n) is 9.98. The number of nitrogens with zero attached hydrogens (tertiary/aromatic N) is 2. The summed E-state index contributed by atoms with van der Waals surface area (Å²) in [6.45, 7) is 5.47. The largest absolute Gasteiger partial charge is 0.378 e. The molecule has 3 rings (SSSR count). The summed E-state index contributed by atoms with van der Waals surface area (Å²) < 4.78 is 5.28. The highest BCUT2D eigenvalue weighted by atomic mass is 32.2. The van der Waals surface area contributed by atoms with Crippen molar-refractivity contribution in [2.45, 2.75) is 38.6 Å². The molecule has 6 heteroatoms. The van der Waals surface area contributed by atoms with Crippen LogP contribution in [0.3, 0.4) is 0 Å². The molecule has 1 aliphatic heterocycles. The SMILES string of the molecule is CCCN(C(=O)CSCC(=O)N1CCOCC1)C1CCc2ccccc2C1. The molecule has 1 aromatic carbocycles. The van der Waals surface area contributed by atoms with Gasteiger partial charge in [-0.1, -0.05) is 31.2 Å². The van der Waals surface area contributed by atoms with E-state index in [0.717, 1.165) is 32.2 Å². The van der Waals surface area contributed by atoms with Crippen molar-refractivity contribution in [3.8, 4) is 0 Å². The fourth-order valence-corrected chi connectivity index (χ4v) is 4.71. The lowest BCUT2D eigenvalue weighted by Gasteiger charge is -2.35. The van der Waals surface area contributed by atoms with E-state index in [1.54, 1.807) is 0 Å². The third-order valence-electron chi connectivity index (χ3n) is 5.36. The van der Waals surface area contributed by atoms with Crippen LogP contribution in [-0.2, 0) is 27.2 Å². The van der Waals surface area contributed by atoms with Crippen LogP contribution in [0.5, 0.6) is 0 Å². The quantitative estimate of drug-likeness (QED) is 0.717. The number of fused-ring (bicyclic) bond motifs is 1. The number of carbonyl (C=O) groups excluding carboxylic acids is 2. The van der Waals surface area contributed by atoms with Crippen LogP contribution in [-0.4, -0.2) is 72.0 Å². The number of hydrogen-bond donors (Lipinski definition) is 0. The molecule has 1 aromatic rings. The predicted molar refractivity (Wildman–Crippen MR) is 109 cm³/mol. The van der Waals surface area contributed by atoms with Gasteiger partial charge >= 0.3 is 0 Å². The van der Waals surface area contributed by atoms with Gasteiger partial charge in [0, 0.05) is 25.7 Å². The standard InChI is InChI=1S/C21H30N2O3S/c1-2-9-23(19-8-7-17-5-3-4-6-18(17)14-19)21(25)16-27-15-20(24)22-10-12-26-13-11-22/h3-6,19H,2,7-16H2,1H3. The number of morpholine rings is 1. The summed E-state index contributed by atoms with van der Waals surface area (Å²) in [5.41, 5.74) is 2.79. The molecule has 148 valence electrons. The van der Waals surface area contributed by atoms with Crippen molar-refractivity contribution in [1.29, 1.82) is 0 Å². The Morgan fingerprint density at radius 1 is 1.19 bits per heavy atom. The Balaban J connectivity index is 1.50. The third-order valence-corrected chi connectivity index (χ3v) is 6.26. The van der Waals surface area contributed by atoms with Crippen LogP contribution in [0.2, 0.25) is 0 Å². The highest BCUT2D eigenvalue weighted by molar-refractivity contribution is 8.00. The molecule has 0 radical (unpaired) electrons. The molecule has 0 bridgehead atoms. The highest BCUT2D eigenvalue weighted by Gasteiger charge is 2.27. The number of carbonyl (C=O) groups is 2. The van der Waals surface area contributed by atoms with E-state index in [-0.39, 0.29) is 17.9 Å². The lowest BCUT2D eigenvalue weighted by atomic mass is 9.87. The van der Waals surface area contributed by atoms with Crippen LogP contribution < -0.4 is 0 Å².